The predicted octanol–water partition coefficient (Wildman–Crippen LogP) is 29.0. The largest absolute Gasteiger partial charge is 2.00 e. The van der Waals surface area contributed by atoms with Crippen molar-refractivity contribution >= 4 is 114 Å². The van der Waals surface area contributed by atoms with Crippen molar-refractivity contribution in [2.24, 2.45) is 0 Å². The molecule has 3 aromatic heterocycles. The maximum Gasteiger partial charge on any atom is 2.00 e. The SMILES string of the molecule is CCOCC.CCOCC.F[P-](F)(F)(F)(F)F.F[P-](F)(F)(F)(F)F.O.O.[C-]#N.[C-]#N.[Fe+2].[Fe+2].[Ru+2].c1cc[cH-]c1.c1cc[cH-]c1.c1ccc(-c2cc(-c3ccccn3)nc(-c3ccccn3)c2)cc1.c1ccc(P(CCP(c2ccccc2)c2ccccc2)c2ccccc2)cc1.c1ccc(P(CCP(c2ccccc2)c2ccccc2)c2ccccc2)cc1.c1ccc(P(c2ccccc2)c2ccccc2)cc1. The Kier molecular flexibility index (Phi) is 62.6. The topological polar surface area (TPSA) is 168 Å². The van der Waals surface area contributed by atoms with Crippen LogP contribution in [0.5, 0.6) is 0 Å². The molecule has 0 fully saturated rings. The van der Waals surface area contributed by atoms with Crippen LogP contribution in [0, 0.1) is 23.7 Å². The van der Waals surface area contributed by atoms with E-state index >= 15 is 0 Å². The van der Waals surface area contributed by atoms with Gasteiger partial charge in [-0.2, -0.15) is 36.4 Å². The van der Waals surface area contributed by atoms with E-state index in [0.717, 1.165) is 60.3 Å². The fraction of sp³-hybridized carbons (Fsp3) is 0.108. The molecule has 3 heterocycles. The zero-order chi connectivity index (χ0) is 99.3. The number of hydrogen-bond acceptors (Lipinski definition) is 7. The summed E-state index contributed by atoms with van der Waals surface area (Å²) < 4.78 is 128. The molecule has 0 atom stereocenters. The van der Waals surface area contributed by atoms with E-state index in [1.807, 2.05) is 143 Å². The van der Waals surface area contributed by atoms with E-state index in [2.05, 4.69) is 368 Å². The number of hydrogen-bond donors (Lipinski definition) is 0. The molecule has 0 aliphatic rings. The van der Waals surface area contributed by atoms with Gasteiger partial charge in [-0.3, -0.25) is 9.97 Å². The van der Waals surface area contributed by atoms with Crippen molar-refractivity contribution in [1.82, 2.24) is 15.0 Å². The summed E-state index contributed by atoms with van der Waals surface area (Å²) in [4.78, 5) is 13.6. The van der Waals surface area contributed by atoms with E-state index in [4.69, 9.17) is 38.1 Å². The van der Waals surface area contributed by atoms with Gasteiger partial charge in [-0.15, -0.1) is 0 Å². The predicted molar refractivity (Wildman–Crippen MR) is 570 cm³/mol. The van der Waals surface area contributed by atoms with Gasteiger partial charge in [-0.05, 0) is 198 Å². The first-order chi connectivity index (χ1) is 65.9. The molecule has 142 heavy (non-hydrogen) atoms. The normalized spacial score (nSPS) is 11.0. The van der Waals surface area contributed by atoms with Gasteiger partial charge in [-0.1, -0.05) is 376 Å². The van der Waals surface area contributed by atoms with Gasteiger partial charge in [0.2, 0.25) is 0 Å². The number of ether oxygens (including phenoxy) is 2. The van der Waals surface area contributed by atoms with Gasteiger partial charge in [0.25, 0.3) is 0 Å². The Morgan fingerprint density at radius 1 is 0.246 bits per heavy atom. The first kappa shape index (κ1) is 129. The minimum Gasteiger partial charge on any atom is -0.512 e. The molecule has 0 spiro atoms. The Morgan fingerprint density at radius 3 is 0.563 bits per heavy atom. The van der Waals surface area contributed by atoms with E-state index in [1.54, 1.807) is 12.4 Å². The third-order valence-corrected chi connectivity index (χ3v) is 31.6. The second kappa shape index (κ2) is 68.6. The van der Waals surface area contributed by atoms with Gasteiger partial charge < -0.3 is 44.1 Å². The summed E-state index contributed by atoms with van der Waals surface area (Å²) in [5, 5.41) is 28.5. The van der Waals surface area contributed by atoms with Crippen LogP contribution in [-0.2, 0) is 63.1 Å². The van der Waals surface area contributed by atoms with Crippen LogP contribution >= 0.6 is 55.2 Å². The average Bonchev–Trinajstić information content (AvgIpc) is 1.11. The zero-order valence-corrected chi connectivity index (χ0v) is 88.3. The summed E-state index contributed by atoms with van der Waals surface area (Å²) in [5.74, 6) is 0. The fourth-order valence-electron chi connectivity index (χ4n) is 12.7. The molecule has 0 radical (unpaired) electrons. The van der Waals surface area contributed by atoms with Gasteiger partial charge in [0.1, 0.15) is 0 Å². The quantitative estimate of drug-likeness (QED) is 0.0251. The Labute approximate surface area is 868 Å². The molecular formula is C111H112F12Fe2N5O4P7Ru. The molecule has 0 unspecified atom stereocenters. The molecule has 17 aromatic rings. The van der Waals surface area contributed by atoms with E-state index in [1.165, 1.54) is 83.0 Å². The molecule has 31 heteroatoms. The second-order valence-electron chi connectivity index (χ2n) is 28.5. The molecule has 748 valence electrons. The van der Waals surface area contributed by atoms with Crippen LogP contribution in [0.25, 0.3) is 33.9 Å². The maximum atomic E-state index is 9.87. The van der Waals surface area contributed by atoms with Gasteiger partial charge in [0.15, 0.2) is 0 Å². The molecule has 0 aliphatic carbocycles. The molecule has 0 aliphatic heterocycles. The van der Waals surface area contributed by atoms with E-state index in [0.29, 0.717) is 0 Å². The molecule has 9 nitrogen and oxygen atoms in total. The molecule has 4 N–H and O–H groups in total. The van der Waals surface area contributed by atoms with Crippen molar-refractivity contribution in [3.63, 3.8) is 0 Å². The smallest absolute Gasteiger partial charge is 0.512 e. The number of pyridine rings is 3. The monoisotopic (exact) mass is 2240 g/mol. The molecule has 0 amide bonds. The number of benzene rings is 12. The molecule has 17 rings (SSSR count). The summed E-state index contributed by atoms with van der Waals surface area (Å²) in [6.45, 7) is 20.8. The van der Waals surface area contributed by atoms with Crippen LogP contribution in [0.1, 0.15) is 27.7 Å². The van der Waals surface area contributed by atoms with Crippen LogP contribution in [0.2, 0.25) is 0 Å². The summed E-state index contributed by atoms with van der Waals surface area (Å²) in [6, 6.07) is 167. The Hall–Kier alpha value is -10.6. The van der Waals surface area contributed by atoms with Crippen LogP contribution in [0.4, 0.5) is 50.4 Å². The third kappa shape index (κ3) is 57.1. The summed E-state index contributed by atoms with van der Waals surface area (Å²) in [6.07, 6.45) is 8.40. The number of rotatable bonds is 24. The van der Waals surface area contributed by atoms with Gasteiger partial charge >= 0.3 is 120 Å². The molecule has 14 aromatic carbocycles. The van der Waals surface area contributed by atoms with E-state index < -0.39 is 23.5 Å². The summed E-state index contributed by atoms with van der Waals surface area (Å²) in [7, 11) is -23.2. The van der Waals surface area contributed by atoms with Gasteiger partial charge in [0, 0.05) is 38.8 Å². The molecular weight excluding hydrogens is 2120 g/mol. The number of nitrogens with zero attached hydrogens (tertiary/aromatic N) is 5. The van der Waals surface area contributed by atoms with Crippen LogP contribution in [0.3, 0.4) is 0 Å². The zero-order valence-electron chi connectivity index (χ0n) is 78.1. The third-order valence-electron chi connectivity index (χ3n) is 18.4. The Balaban J connectivity index is 0.000000836. The fourth-order valence-corrected chi connectivity index (χ4v) is 25.8. The van der Waals surface area contributed by atoms with Crippen molar-refractivity contribution < 1.29 is 124 Å². The first-order valence-corrected chi connectivity index (χ1v) is 54.8. The minimum absolute atomic E-state index is 0. The Bertz CT molecular complexity index is 5160. The second-order valence-corrected chi connectivity index (χ2v) is 43.9. The Morgan fingerprint density at radius 2 is 0.415 bits per heavy atom. The van der Waals surface area contributed by atoms with Crippen molar-refractivity contribution in [2.45, 2.75) is 27.7 Å². The van der Waals surface area contributed by atoms with E-state index in [-0.39, 0.29) is 96.3 Å². The first-order valence-electron chi connectivity index (χ1n) is 43.3. The van der Waals surface area contributed by atoms with E-state index in [9.17, 15) is 50.4 Å². The molecule has 0 saturated carbocycles. The van der Waals surface area contributed by atoms with Crippen molar-refractivity contribution in [3.05, 3.63) is 499 Å². The van der Waals surface area contributed by atoms with Crippen molar-refractivity contribution in [3.8, 4) is 33.9 Å². The average molecular weight is 2240 g/mol. The maximum absolute atomic E-state index is 10.7. The van der Waals surface area contributed by atoms with Crippen molar-refractivity contribution in [2.75, 3.05) is 51.1 Å². The number of halogens is 12. The minimum atomic E-state index is -10.7. The van der Waals surface area contributed by atoms with Gasteiger partial charge in [0.05, 0.1) is 22.8 Å². The number of aromatic nitrogens is 3. The van der Waals surface area contributed by atoms with Crippen LogP contribution in [-0.4, -0.2) is 77.0 Å². The molecule has 0 saturated heterocycles. The van der Waals surface area contributed by atoms with Crippen molar-refractivity contribution in [1.29, 1.82) is 10.5 Å². The summed E-state index contributed by atoms with van der Waals surface area (Å²) in [5.41, 5.74) is 5.65. The van der Waals surface area contributed by atoms with Crippen LogP contribution < -0.4 is 58.3 Å². The van der Waals surface area contributed by atoms with Crippen LogP contribution in [0.15, 0.2) is 486 Å². The standard InChI is InChI=1S/2C26H24P2.C21H15N3.C18H15P.2C5H5.2C4H10O.2CN.2F6P.2Fe.2H2O.Ru/c2*1-5-13-23(14-6-1)27(24-15-7-2-8-16-24)21-22-28(25-17-9-3-10-18-25)26-19-11-4-12-20-26;1-2-8-16(9-3-1)17-14-20(18-10-4-6-12-22-18)24-21(15-17)19-11-5-7-13-23-19;1-4-10-16(11-5-1)19(17-12-6-2-7-13-17)18-14-8-3-9-15-18;2*1-2-4-5-3-1;2*1-3-5-4-2;2*1-2;2*1-7(2,3,4,5)6;;;;;/h2*1-20H,21-22H2;1-15H;1-15H;2*1-5H;2*3-4H2,1-2H3;;;;;;;2*1H2;/q;;;;2*-1;;;4*-1;2*+2;;;+2. The summed E-state index contributed by atoms with van der Waals surface area (Å²) >= 11 is 0. The molecule has 0 bridgehead atoms. The van der Waals surface area contributed by atoms with Gasteiger partial charge in [-0.25, -0.2) is 29.2 Å².